The Balaban J connectivity index is 2.10. The van der Waals surface area contributed by atoms with Crippen LogP contribution in [0.25, 0.3) is 0 Å². The van der Waals surface area contributed by atoms with Crippen molar-refractivity contribution in [3.05, 3.63) is 65.0 Å². The summed E-state index contributed by atoms with van der Waals surface area (Å²) in [6.07, 6.45) is 0. The van der Waals surface area contributed by atoms with E-state index in [-0.39, 0.29) is 17.8 Å². The van der Waals surface area contributed by atoms with Crippen molar-refractivity contribution < 1.29 is 22.7 Å². The van der Waals surface area contributed by atoms with Gasteiger partial charge in [-0.15, -0.1) is 0 Å². The van der Waals surface area contributed by atoms with Crippen LogP contribution in [0.2, 0.25) is 0 Å². The van der Waals surface area contributed by atoms with E-state index in [2.05, 4.69) is 10.1 Å². The Morgan fingerprint density at radius 1 is 1.10 bits per heavy atom. The number of carbonyl (C=O) groups is 1. The maximum Gasteiger partial charge on any atom is 0.340 e. The first-order valence-electron chi connectivity index (χ1n) is 6.06. The molecule has 110 valence electrons. The molecule has 0 radical (unpaired) electrons. The lowest BCUT2D eigenvalue weighted by Gasteiger charge is -2.08. The van der Waals surface area contributed by atoms with Gasteiger partial charge >= 0.3 is 5.97 Å². The molecule has 0 aliphatic rings. The molecule has 3 nitrogen and oxygen atoms in total. The molecule has 0 aliphatic carbocycles. The molecule has 0 unspecified atom stereocenters. The molecule has 0 amide bonds. The first-order chi connectivity index (χ1) is 9.99. The zero-order valence-electron chi connectivity index (χ0n) is 11.1. The van der Waals surface area contributed by atoms with Crippen molar-refractivity contribution in [2.24, 2.45) is 0 Å². The molecular formula is C15H12F3NO2. The third-order valence-electron chi connectivity index (χ3n) is 2.80. The van der Waals surface area contributed by atoms with Crippen LogP contribution in [0.1, 0.15) is 15.9 Å². The Morgan fingerprint density at radius 2 is 1.76 bits per heavy atom. The van der Waals surface area contributed by atoms with Crippen LogP contribution in [0.5, 0.6) is 0 Å². The number of benzene rings is 2. The molecule has 0 spiro atoms. The van der Waals surface area contributed by atoms with Gasteiger partial charge < -0.3 is 10.1 Å². The van der Waals surface area contributed by atoms with E-state index in [0.717, 1.165) is 31.4 Å². The number of methoxy groups -OCH3 is 1. The van der Waals surface area contributed by atoms with Gasteiger partial charge in [-0.2, -0.15) is 0 Å². The minimum absolute atomic E-state index is 0.154. The quantitative estimate of drug-likeness (QED) is 0.877. The van der Waals surface area contributed by atoms with Gasteiger partial charge in [0.2, 0.25) is 0 Å². The number of anilines is 1. The molecule has 2 aromatic carbocycles. The molecule has 1 N–H and O–H groups in total. The van der Waals surface area contributed by atoms with Crippen LogP contribution in [-0.4, -0.2) is 13.1 Å². The van der Waals surface area contributed by atoms with Crippen molar-refractivity contribution in [3.8, 4) is 0 Å². The summed E-state index contributed by atoms with van der Waals surface area (Å²) in [6.45, 7) is 0.154. The highest BCUT2D eigenvalue weighted by Gasteiger charge is 2.12. The van der Waals surface area contributed by atoms with Crippen LogP contribution >= 0.6 is 0 Å². The van der Waals surface area contributed by atoms with E-state index in [0.29, 0.717) is 5.56 Å². The monoisotopic (exact) mass is 295 g/mol. The minimum Gasteiger partial charge on any atom is -0.465 e. The van der Waals surface area contributed by atoms with Crippen LogP contribution in [0.4, 0.5) is 18.9 Å². The molecule has 0 saturated carbocycles. The number of halogens is 3. The van der Waals surface area contributed by atoms with Crippen molar-refractivity contribution in [1.82, 2.24) is 0 Å². The molecule has 21 heavy (non-hydrogen) atoms. The lowest BCUT2D eigenvalue weighted by Crippen LogP contribution is -2.06. The molecular weight excluding hydrogens is 283 g/mol. The predicted octanol–water partition coefficient (Wildman–Crippen LogP) is 3.50. The van der Waals surface area contributed by atoms with Crippen molar-refractivity contribution in [2.75, 3.05) is 12.4 Å². The Labute approximate surface area is 119 Å². The first-order valence-corrected chi connectivity index (χ1v) is 6.06. The van der Waals surface area contributed by atoms with Gasteiger partial charge in [0.25, 0.3) is 0 Å². The van der Waals surface area contributed by atoms with Gasteiger partial charge in [0.05, 0.1) is 12.7 Å². The Hall–Kier alpha value is -2.50. The van der Waals surface area contributed by atoms with Crippen LogP contribution < -0.4 is 5.32 Å². The molecule has 0 fully saturated rings. The zero-order chi connectivity index (χ0) is 15.4. The summed E-state index contributed by atoms with van der Waals surface area (Å²) in [5, 5.41) is 2.77. The summed E-state index contributed by atoms with van der Waals surface area (Å²) in [5.74, 6) is -2.89. The fourth-order valence-corrected chi connectivity index (χ4v) is 1.80. The normalized spacial score (nSPS) is 10.3. The molecule has 0 saturated heterocycles. The van der Waals surface area contributed by atoms with E-state index < -0.39 is 23.4 Å². The predicted molar refractivity (Wildman–Crippen MR) is 71.4 cm³/mol. The topological polar surface area (TPSA) is 38.3 Å². The number of nitrogens with one attached hydrogen (secondary N) is 1. The summed E-state index contributed by atoms with van der Waals surface area (Å²) in [5.41, 5.74) is 0.591. The average molecular weight is 295 g/mol. The Kier molecular flexibility index (Phi) is 4.47. The molecule has 6 heteroatoms. The third kappa shape index (κ3) is 3.75. The van der Waals surface area contributed by atoms with E-state index in [1.54, 1.807) is 0 Å². The van der Waals surface area contributed by atoms with Crippen LogP contribution in [0, 0.1) is 17.5 Å². The Bertz CT molecular complexity index is 654. The maximum atomic E-state index is 13.7. The Morgan fingerprint density at radius 3 is 2.33 bits per heavy atom. The minimum atomic E-state index is -0.765. The molecule has 0 bridgehead atoms. The second-order valence-corrected chi connectivity index (χ2v) is 4.32. The van der Waals surface area contributed by atoms with E-state index >= 15 is 0 Å². The van der Waals surface area contributed by atoms with Gasteiger partial charge in [-0.05, 0) is 29.8 Å². The van der Waals surface area contributed by atoms with Gasteiger partial charge in [-0.25, -0.2) is 18.0 Å². The highest BCUT2D eigenvalue weighted by Crippen LogP contribution is 2.16. The second kappa shape index (κ2) is 6.30. The number of ether oxygens (including phenoxy) is 1. The van der Waals surface area contributed by atoms with Gasteiger partial charge in [-0.1, -0.05) is 6.07 Å². The van der Waals surface area contributed by atoms with Crippen molar-refractivity contribution in [3.63, 3.8) is 0 Å². The highest BCUT2D eigenvalue weighted by atomic mass is 19.1. The summed E-state index contributed by atoms with van der Waals surface area (Å²) in [6, 6.07) is 7.00. The van der Waals surface area contributed by atoms with E-state index in [1.165, 1.54) is 12.1 Å². The largest absolute Gasteiger partial charge is 0.465 e. The summed E-state index contributed by atoms with van der Waals surface area (Å²) < 4.78 is 44.1. The number of esters is 1. The number of hydrogen-bond acceptors (Lipinski definition) is 3. The fraction of sp³-hybridized carbons (Fsp3) is 0.133. The number of carbonyl (C=O) groups excluding carboxylic acids is 1. The number of hydrogen-bond donors (Lipinski definition) is 1. The van der Waals surface area contributed by atoms with Gasteiger partial charge in [0.15, 0.2) is 0 Å². The lowest BCUT2D eigenvalue weighted by atomic mass is 10.1. The molecule has 2 aromatic rings. The molecule has 0 atom stereocenters. The first kappa shape index (κ1) is 14.9. The maximum absolute atomic E-state index is 13.7. The van der Waals surface area contributed by atoms with Crippen LogP contribution in [0.3, 0.4) is 0 Å². The van der Waals surface area contributed by atoms with E-state index in [9.17, 15) is 18.0 Å². The third-order valence-corrected chi connectivity index (χ3v) is 2.80. The van der Waals surface area contributed by atoms with Gasteiger partial charge in [0.1, 0.15) is 17.5 Å². The van der Waals surface area contributed by atoms with Gasteiger partial charge in [0, 0.05) is 18.3 Å². The SMILES string of the molecule is COC(=O)c1ccc(CNc2cc(F)cc(F)c2)cc1F. The van der Waals surface area contributed by atoms with E-state index in [1.807, 2.05) is 0 Å². The lowest BCUT2D eigenvalue weighted by molar-refractivity contribution is 0.0595. The summed E-state index contributed by atoms with van der Waals surface area (Å²) in [4.78, 5) is 11.2. The molecule has 0 aliphatic heterocycles. The molecule has 0 heterocycles. The van der Waals surface area contributed by atoms with Crippen LogP contribution in [0.15, 0.2) is 36.4 Å². The summed E-state index contributed by atoms with van der Waals surface area (Å²) >= 11 is 0. The fourth-order valence-electron chi connectivity index (χ4n) is 1.80. The zero-order valence-corrected chi connectivity index (χ0v) is 11.1. The average Bonchev–Trinajstić information content (AvgIpc) is 2.43. The highest BCUT2D eigenvalue weighted by molar-refractivity contribution is 5.89. The second-order valence-electron chi connectivity index (χ2n) is 4.32. The van der Waals surface area contributed by atoms with Crippen molar-refractivity contribution >= 4 is 11.7 Å². The smallest absolute Gasteiger partial charge is 0.340 e. The van der Waals surface area contributed by atoms with E-state index in [4.69, 9.17) is 0 Å². The molecule has 2 rings (SSSR count). The van der Waals surface area contributed by atoms with Gasteiger partial charge in [-0.3, -0.25) is 0 Å². The van der Waals surface area contributed by atoms with Crippen LogP contribution in [-0.2, 0) is 11.3 Å². The van der Waals surface area contributed by atoms with Crippen molar-refractivity contribution in [2.45, 2.75) is 6.54 Å². The standard InChI is InChI=1S/C15H12F3NO2/c1-21-15(20)13-3-2-9(4-14(13)18)8-19-12-6-10(16)5-11(17)7-12/h2-7,19H,8H2,1H3. The number of rotatable bonds is 4. The molecule has 0 aromatic heterocycles. The summed E-state index contributed by atoms with van der Waals surface area (Å²) in [7, 11) is 1.16. The van der Waals surface area contributed by atoms with Crippen molar-refractivity contribution in [1.29, 1.82) is 0 Å².